The van der Waals surface area contributed by atoms with Gasteiger partial charge in [0.15, 0.2) is 0 Å². The predicted molar refractivity (Wildman–Crippen MR) is 80.4 cm³/mol. The molecule has 0 atom stereocenters. The molecule has 0 amide bonds. The molecule has 5 nitrogen and oxygen atoms in total. The monoisotopic (exact) mass is 283 g/mol. The van der Waals surface area contributed by atoms with Crippen molar-refractivity contribution in [3.8, 4) is 0 Å². The van der Waals surface area contributed by atoms with Crippen molar-refractivity contribution in [1.29, 1.82) is 0 Å². The molecule has 0 radical (unpaired) electrons. The number of aromatic nitrogens is 3. The van der Waals surface area contributed by atoms with Gasteiger partial charge in [-0.15, -0.1) is 10.2 Å². The molecule has 1 saturated carbocycles. The first-order chi connectivity index (χ1) is 10.4. The van der Waals surface area contributed by atoms with Crippen molar-refractivity contribution in [2.75, 3.05) is 6.54 Å². The van der Waals surface area contributed by atoms with Crippen LogP contribution >= 0.6 is 0 Å². The molecule has 21 heavy (non-hydrogen) atoms. The molecule has 2 aromatic rings. The second kappa shape index (κ2) is 5.58. The van der Waals surface area contributed by atoms with Crippen LogP contribution in [0, 0.1) is 0 Å². The highest BCUT2D eigenvalue weighted by molar-refractivity contribution is 5.23. The number of rotatable bonds is 5. The Morgan fingerprint density at radius 3 is 3.00 bits per heavy atom. The summed E-state index contributed by atoms with van der Waals surface area (Å²) in [4.78, 5) is 2.44. The van der Waals surface area contributed by atoms with Gasteiger partial charge in [-0.05, 0) is 24.0 Å². The third-order valence-electron chi connectivity index (χ3n) is 4.29. The molecule has 0 saturated heterocycles. The highest BCUT2D eigenvalue weighted by Gasteiger charge is 2.20. The molecule has 0 bridgehead atoms. The molecule has 2 heterocycles. The van der Waals surface area contributed by atoms with Gasteiger partial charge in [-0.1, -0.05) is 24.3 Å². The molecular weight excluding hydrogens is 262 g/mol. The number of hydrogen-bond donors (Lipinski definition) is 1. The fraction of sp³-hybridized carbons (Fsp3) is 0.500. The molecule has 0 spiro atoms. The van der Waals surface area contributed by atoms with Crippen LogP contribution in [0.1, 0.15) is 29.8 Å². The van der Waals surface area contributed by atoms with E-state index in [2.05, 4.69) is 49.2 Å². The Kier molecular flexibility index (Phi) is 3.45. The van der Waals surface area contributed by atoms with E-state index in [0.29, 0.717) is 0 Å². The molecule has 110 valence electrons. The minimum Gasteiger partial charge on any atom is -0.315 e. The van der Waals surface area contributed by atoms with Gasteiger partial charge in [0.05, 0.1) is 6.54 Å². The van der Waals surface area contributed by atoms with Crippen LogP contribution in [0.2, 0.25) is 0 Å². The quantitative estimate of drug-likeness (QED) is 0.904. The Morgan fingerprint density at radius 1 is 1.19 bits per heavy atom. The lowest BCUT2D eigenvalue weighted by atomic mass is 10.1. The lowest BCUT2D eigenvalue weighted by Gasteiger charge is -2.27. The van der Waals surface area contributed by atoms with E-state index < -0.39 is 0 Å². The summed E-state index contributed by atoms with van der Waals surface area (Å²) < 4.78 is 2.15. The maximum Gasteiger partial charge on any atom is 0.147 e. The number of benzene rings is 1. The van der Waals surface area contributed by atoms with Crippen LogP contribution in [-0.4, -0.2) is 32.3 Å². The zero-order valence-corrected chi connectivity index (χ0v) is 12.2. The van der Waals surface area contributed by atoms with Gasteiger partial charge >= 0.3 is 0 Å². The highest BCUT2D eigenvalue weighted by atomic mass is 15.3. The molecule has 1 fully saturated rings. The van der Waals surface area contributed by atoms with E-state index in [1.165, 1.54) is 24.0 Å². The Morgan fingerprint density at radius 2 is 2.10 bits per heavy atom. The SMILES string of the molecule is c1cc(CNC2CC2)cc(CN2CCn3cnnc3C2)c1. The zero-order valence-electron chi connectivity index (χ0n) is 12.2. The molecule has 4 rings (SSSR count). The van der Waals surface area contributed by atoms with Gasteiger partial charge in [0.25, 0.3) is 0 Å². The molecule has 1 aliphatic heterocycles. The summed E-state index contributed by atoms with van der Waals surface area (Å²) in [6.07, 6.45) is 4.51. The Hall–Kier alpha value is -1.72. The van der Waals surface area contributed by atoms with Gasteiger partial charge in [-0.25, -0.2) is 0 Å². The van der Waals surface area contributed by atoms with E-state index in [1.807, 2.05) is 6.33 Å². The summed E-state index contributed by atoms with van der Waals surface area (Å²) in [5.41, 5.74) is 2.78. The largest absolute Gasteiger partial charge is 0.315 e. The zero-order chi connectivity index (χ0) is 14.1. The Balaban J connectivity index is 1.39. The van der Waals surface area contributed by atoms with Crippen molar-refractivity contribution in [3.63, 3.8) is 0 Å². The minimum absolute atomic E-state index is 0.766. The van der Waals surface area contributed by atoms with Crippen molar-refractivity contribution in [2.24, 2.45) is 0 Å². The van der Waals surface area contributed by atoms with Gasteiger partial charge in [-0.3, -0.25) is 4.90 Å². The molecule has 0 unspecified atom stereocenters. The van der Waals surface area contributed by atoms with E-state index in [4.69, 9.17) is 0 Å². The van der Waals surface area contributed by atoms with E-state index in [-0.39, 0.29) is 0 Å². The van der Waals surface area contributed by atoms with Gasteiger partial charge in [0.1, 0.15) is 12.2 Å². The molecule has 2 aliphatic rings. The molecule has 1 aromatic heterocycles. The first kappa shape index (κ1) is 13.0. The van der Waals surface area contributed by atoms with Crippen LogP contribution in [0.5, 0.6) is 0 Å². The average molecular weight is 283 g/mol. The third kappa shape index (κ3) is 3.14. The van der Waals surface area contributed by atoms with Gasteiger partial charge in [0, 0.05) is 32.2 Å². The second-order valence-corrected chi connectivity index (χ2v) is 6.13. The first-order valence-electron chi connectivity index (χ1n) is 7.77. The van der Waals surface area contributed by atoms with Crippen molar-refractivity contribution < 1.29 is 0 Å². The van der Waals surface area contributed by atoms with Crippen LogP contribution < -0.4 is 5.32 Å². The lowest BCUT2D eigenvalue weighted by molar-refractivity contribution is 0.209. The van der Waals surface area contributed by atoms with E-state index in [0.717, 1.165) is 44.6 Å². The second-order valence-electron chi connectivity index (χ2n) is 6.13. The Bertz CT molecular complexity index is 617. The van der Waals surface area contributed by atoms with Crippen molar-refractivity contribution in [3.05, 3.63) is 47.5 Å². The summed E-state index contributed by atoms with van der Waals surface area (Å²) in [5.74, 6) is 1.08. The van der Waals surface area contributed by atoms with Crippen LogP contribution in [0.4, 0.5) is 0 Å². The standard InChI is InChI=1S/C16H21N5/c1-2-13(9-17-15-4-5-15)8-14(3-1)10-20-6-7-21-12-18-19-16(21)11-20/h1-3,8,12,15,17H,4-7,9-11H2. The number of nitrogens with zero attached hydrogens (tertiary/aromatic N) is 4. The smallest absolute Gasteiger partial charge is 0.147 e. The van der Waals surface area contributed by atoms with Crippen molar-refractivity contribution in [1.82, 2.24) is 25.0 Å². The Labute approximate surface area is 125 Å². The summed E-state index contributed by atoms with van der Waals surface area (Å²) in [6, 6.07) is 9.70. The molecule has 5 heteroatoms. The maximum absolute atomic E-state index is 4.18. The molecule has 1 aromatic carbocycles. The minimum atomic E-state index is 0.766. The normalized spacial score (nSPS) is 18.7. The van der Waals surface area contributed by atoms with Gasteiger partial charge < -0.3 is 9.88 Å². The number of fused-ring (bicyclic) bond motifs is 1. The maximum atomic E-state index is 4.18. The molecule has 1 N–H and O–H groups in total. The van der Waals surface area contributed by atoms with Crippen LogP contribution in [0.25, 0.3) is 0 Å². The lowest BCUT2D eigenvalue weighted by Crippen LogP contribution is -2.33. The number of nitrogens with one attached hydrogen (secondary N) is 1. The molecular formula is C16H21N5. The predicted octanol–water partition coefficient (Wildman–Crippen LogP) is 1.55. The topological polar surface area (TPSA) is 46.0 Å². The van der Waals surface area contributed by atoms with Gasteiger partial charge in [-0.2, -0.15) is 0 Å². The summed E-state index contributed by atoms with van der Waals surface area (Å²) >= 11 is 0. The summed E-state index contributed by atoms with van der Waals surface area (Å²) in [6.45, 7) is 4.93. The third-order valence-corrected chi connectivity index (χ3v) is 4.29. The fourth-order valence-corrected chi connectivity index (χ4v) is 2.90. The van der Waals surface area contributed by atoms with E-state index in [1.54, 1.807) is 0 Å². The molecule has 1 aliphatic carbocycles. The van der Waals surface area contributed by atoms with Crippen LogP contribution in [-0.2, 0) is 26.2 Å². The van der Waals surface area contributed by atoms with Crippen molar-refractivity contribution >= 4 is 0 Å². The van der Waals surface area contributed by atoms with Crippen LogP contribution in [0.15, 0.2) is 30.6 Å². The summed E-state index contributed by atoms with van der Waals surface area (Å²) in [7, 11) is 0. The average Bonchev–Trinajstić information content (AvgIpc) is 3.22. The van der Waals surface area contributed by atoms with E-state index >= 15 is 0 Å². The highest BCUT2D eigenvalue weighted by Crippen LogP contribution is 2.20. The fourth-order valence-electron chi connectivity index (χ4n) is 2.90. The van der Waals surface area contributed by atoms with Crippen LogP contribution in [0.3, 0.4) is 0 Å². The first-order valence-corrected chi connectivity index (χ1v) is 7.77. The van der Waals surface area contributed by atoms with E-state index in [9.17, 15) is 0 Å². The van der Waals surface area contributed by atoms with Gasteiger partial charge in [0.2, 0.25) is 0 Å². The van der Waals surface area contributed by atoms with Crippen molar-refractivity contribution in [2.45, 2.75) is 45.1 Å². The number of hydrogen-bond acceptors (Lipinski definition) is 4. The summed E-state index contributed by atoms with van der Waals surface area (Å²) in [5, 5.41) is 11.7.